The van der Waals surface area contributed by atoms with Crippen LogP contribution in [0.3, 0.4) is 0 Å². The van der Waals surface area contributed by atoms with Crippen molar-refractivity contribution in [3.8, 4) is 0 Å². The van der Waals surface area contributed by atoms with Crippen LogP contribution >= 0.6 is 0 Å². The predicted molar refractivity (Wildman–Crippen MR) is 90.1 cm³/mol. The summed E-state index contributed by atoms with van der Waals surface area (Å²) in [6.45, 7) is 1.94. The molecule has 0 fully saturated rings. The van der Waals surface area contributed by atoms with Gasteiger partial charge in [-0.25, -0.2) is 21.9 Å². The Morgan fingerprint density at radius 3 is 2.52 bits per heavy atom. The van der Waals surface area contributed by atoms with Gasteiger partial charge in [0.1, 0.15) is 5.82 Å². The van der Waals surface area contributed by atoms with Crippen molar-refractivity contribution in [3.63, 3.8) is 0 Å². The molecule has 0 heterocycles. The SMILES string of the molecule is CCCCCNC(=O)COC(=O)c1cc(S(=O)(=O)N(C)C)ccc1F. The molecule has 1 aromatic carbocycles. The molecule has 0 aliphatic heterocycles. The van der Waals surface area contributed by atoms with Crippen molar-refractivity contribution >= 4 is 21.9 Å². The summed E-state index contributed by atoms with van der Waals surface area (Å²) in [6.07, 6.45) is 2.80. The summed E-state index contributed by atoms with van der Waals surface area (Å²) in [6, 6.07) is 2.83. The first kappa shape index (κ1) is 21.0. The van der Waals surface area contributed by atoms with Crippen LogP contribution in [0.4, 0.5) is 4.39 Å². The third-order valence-corrected chi connectivity index (χ3v) is 5.18. The number of halogens is 1. The lowest BCUT2D eigenvalue weighted by Gasteiger charge is -2.12. The van der Waals surface area contributed by atoms with Crippen LogP contribution in [0, 0.1) is 5.82 Å². The van der Waals surface area contributed by atoms with Gasteiger partial charge in [-0.2, -0.15) is 0 Å². The number of amides is 1. The number of esters is 1. The molecular weight excluding hydrogens is 351 g/mol. The van der Waals surface area contributed by atoms with E-state index in [9.17, 15) is 22.4 Å². The third-order valence-electron chi connectivity index (χ3n) is 3.37. The van der Waals surface area contributed by atoms with E-state index in [1.807, 2.05) is 6.92 Å². The smallest absolute Gasteiger partial charge is 0.341 e. The molecule has 1 amide bonds. The zero-order valence-corrected chi connectivity index (χ0v) is 15.4. The fraction of sp³-hybridized carbons (Fsp3) is 0.500. The van der Waals surface area contributed by atoms with Crippen molar-refractivity contribution in [2.45, 2.75) is 31.1 Å². The average Bonchev–Trinajstić information content (AvgIpc) is 2.56. The first-order chi connectivity index (χ1) is 11.7. The molecule has 1 rings (SSSR count). The topological polar surface area (TPSA) is 92.8 Å². The number of unbranched alkanes of at least 4 members (excludes halogenated alkanes) is 2. The number of sulfonamides is 1. The van der Waals surface area contributed by atoms with Gasteiger partial charge in [0.15, 0.2) is 6.61 Å². The zero-order chi connectivity index (χ0) is 19.0. The van der Waals surface area contributed by atoms with E-state index < -0.39 is 39.9 Å². The van der Waals surface area contributed by atoms with Gasteiger partial charge in [0.05, 0.1) is 10.5 Å². The summed E-state index contributed by atoms with van der Waals surface area (Å²) in [4.78, 5) is 23.3. The second-order valence-electron chi connectivity index (χ2n) is 5.56. The van der Waals surface area contributed by atoms with Gasteiger partial charge in [0.25, 0.3) is 5.91 Å². The van der Waals surface area contributed by atoms with Gasteiger partial charge in [-0.3, -0.25) is 4.79 Å². The molecule has 0 saturated heterocycles. The highest BCUT2D eigenvalue weighted by atomic mass is 32.2. The second kappa shape index (κ2) is 9.47. The Hall–Kier alpha value is -2.00. The number of nitrogens with zero attached hydrogens (tertiary/aromatic N) is 1. The Balaban J connectivity index is 2.74. The average molecular weight is 374 g/mol. The van der Waals surface area contributed by atoms with Crippen LogP contribution in [0.25, 0.3) is 0 Å². The van der Waals surface area contributed by atoms with Crippen molar-refractivity contribution in [3.05, 3.63) is 29.6 Å². The van der Waals surface area contributed by atoms with Crippen LogP contribution in [0.15, 0.2) is 23.1 Å². The second-order valence-corrected chi connectivity index (χ2v) is 7.71. The molecule has 0 spiro atoms. The van der Waals surface area contributed by atoms with Crippen LogP contribution in [-0.4, -0.2) is 51.8 Å². The summed E-state index contributed by atoms with van der Waals surface area (Å²) in [5, 5.41) is 2.58. The molecule has 0 radical (unpaired) electrons. The van der Waals surface area contributed by atoms with Gasteiger partial charge < -0.3 is 10.1 Å². The molecule has 0 aliphatic rings. The largest absolute Gasteiger partial charge is 0.452 e. The summed E-state index contributed by atoms with van der Waals surface area (Å²) in [5.74, 6) is -2.52. The Kier molecular flexibility index (Phi) is 7.98. The van der Waals surface area contributed by atoms with E-state index in [1.54, 1.807) is 0 Å². The van der Waals surface area contributed by atoms with Crippen LogP contribution in [-0.2, 0) is 19.6 Å². The lowest BCUT2D eigenvalue weighted by atomic mass is 10.2. The van der Waals surface area contributed by atoms with Crippen LogP contribution < -0.4 is 5.32 Å². The molecule has 1 aromatic rings. The number of ether oxygens (including phenoxy) is 1. The Morgan fingerprint density at radius 2 is 1.92 bits per heavy atom. The fourth-order valence-electron chi connectivity index (χ4n) is 1.89. The normalized spacial score (nSPS) is 11.4. The van der Waals surface area contributed by atoms with E-state index in [0.717, 1.165) is 41.8 Å². The zero-order valence-electron chi connectivity index (χ0n) is 14.5. The molecule has 0 saturated carbocycles. The van der Waals surface area contributed by atoms with Gasteiger partial charge in [0, 0.05) is 20.6 Å². The van der Waals surface area contributed by atoms with Crippen molar-refractivity contribution < 1.29 is 27.1 Å². The minimum Gasteiger partial charge on any atom is -0.452 e. The molecular formula is C16H23FN2O5S. The molecule has 0 aromatic heterocycles. The van der Waals surface area contributed by atoms with Crippen molar-refractivity contribution in [1.82, 2.24) is 9.62 Å². The van der Waals surface area contributed by atoms with Crippen molar-refractivity contribution in [2.75, 3.05) is 27.2 Å². The molecule has 25 heavy (non-hydrogen) atoms. The summed E-state index contributed by atoms with van der Waals surface area (Å²) < 4.78 is 43.6. The number of benzene rings is 1. The Bertz CT molecular complexity index is 719. The maximum absolute atomic E-state index is 13.8. The summed E-state index contributed by atoms with van der Waals surface area (Å²) in [7, 11) is -1.18. The monoisotopic (exact) mass is 374 g/mol. The fourth-order valence-corrected chi connectivity index (χ4v) is 2.82. The molecule has 1 N–H and O–H groups in total. The van der Waals surface area contributed by atoms with E-state index in [1.165, 1.54) is 14.1 Å². The standard InChI is InChI=1S/C16H23FN2O5S/c1-4-5-6-9-18-15(20)11-24-16(21)13-10-12(7-8-14(13)17)25(22,23)19(2)3/h7-8,10H,4-6,9,11H2,1-3H3,(H,18,20). The Labute approximate surface area is 147 Å². The third kappa shape index (κ3) is 6.09. The molecule has 0 aliphatic carbocycles. The molecule has 9 heteroatoms. The molecule has 0 unspecified atom stereocenters. The summed E-state index contributed by atoms with van der Waals surface area (Å²) >= 11 is 0. The maximum atomic E-state index is 13.8. The molecule has 0 bridgehead atoms. The number of hydrogen-bond donors (Lipinski definition) is 1. The van der Waals surface area contributed by atoms with Gasteiger partial charge in [-0.15, -0.1) is 0 Å². The van der Waals surface area contributed by atoms with Gasteiger partial charge >= 0.3 is 5.97 Å². The maximum Gasteiger partial charge on any atom is 0.341 e. The van der Waals surface area contributed by atoms with Gasteiger partial charge in [-0.05, 0) is 24.6 Å². The van der Waals surface area contributed by atoms with Gasteiger partial charge in [-0.1, -0.05) is 19.8 Å². The number of nitrogens with one attached hydrogen (secondary N) is 1. The van der Waals surface area contributed by atoms with E-state index in [0.29, 0.717) is 6.54 Å². The minimum absolute atomic E-state index is 0.241. The number of carbonyl (C=O) groups is 2. The lowest BCUT2D eigenvalue weighted by Crippen LogP contribution is -2.29. The van der Waals surface area contributed by atoms with E-state index in [-0.39, 0.29) is 4.90 Å². The predicted octanol–water partition coefficient (Wildman–Crippen LogP) is 1.54. The number of carbonyl (C=O) groups excluding carboxylic acids is 2. The van der Waals surface area contributed by atoms with Crippen molar-refractivity contribution in [1.29, 1.82) is 0 Å². The van der Waals surface area contributed by atoms with Crippen LogP contribution in [0.1, 0.15) is 36.5 Å². The van der Waals surface area contributed by atoms with E-state index in [4.69, 9.17) is 4.74 Å². The quantitative estimate of drug-likeness (QED) is 0.523. The minimum atomic E-state index is -3.82. The highest BCUT2D eigenvalue weighted by molar-refractivity contribution is 7.89. The molecule has 7 nitrogen and oxygen atoms in total. The molecule has 140 valence electrons. The van der Waals surface area contributed by atoms with E-state index >= 15 is 0 Å². The highest BCUT2D eigenvalue weighted by Crippen LogP contribution is 2.18. The van der Waals surface area contributed by atoms with Crippen LogP contribution in [0.5, 0.6) is 0 Å². The van der Waals surface area contributed by atoms with Crippen LogP contribution in [0.2, 0.25) is 0 Å². The first-order valence-corrected chi connectivity index (χ1v) is 9.30. The number of rotatable bonds is 9. The van der Waals surface area contributed by atoms with E-state index in [2.05, 4.69) is 5.32 Å². The van der Waals surface area contributed by atoms with Gasteiger partial charge in [0.2, 0.25) is 10.0 Å². The number of hydrogen-bond acceptors (Lipinski definition) is 5. The highest BCUT2D eigenvalue weighted by Gasteiger charge is 2.22. The first-order valence-electron chi connectivity index (χ1n) is 7.86. The Morgan fingerprint density at radius 1 is 1.24 bits per heavy atom. The molecule has 0 atom stereocenters. The lowest BCUT2D eigenvalue weighted by molar-refractivity contribution is -0.124. The van der Waals surface area contributed by atoms with Crippen molar-refractivity contribution in [2.24, 2.45) is 0 Å². The summed E-state index contributed by atoms with van der Waals surface area (Å²) in [5.41, 5.74) is -0.540.